The van der Waals surface area contributed by atoms with Gasteiger partial charge in [-0.3, -0.25) is 19.6 Å². The summed E-state index contributed by atoms with van der Waals surface area (Å²) in [6, 6.07) is 4.94. The van der Waals surface area contributed by atoms with E-state index in [2.05, 4.69) is 10.4 Å². The minimum absolute atomic E-state index is 0.0592. The fraction of sp³-hybridized carbons (Fsp3) is 0.235. The maximum absolute atomic E-state index is 13.0. The van der Waals surface area contributed by atoms with E-state index < -0.39 is 23.3 Å². The van der Waals surface area contributed by atoms with Crippen molar-refractivity contribution in [2.45, 2.75) is 20.3 Å². The Labute approximate surface area is 142 Å². The predicted molar refractivity (Wildman–Crippen MR) is 89.6 cm³/mol. The Hall–Kier alpha value is -3.16. The molecule has 0 radical (unpaired) electrons. The zero-order valence-corrected chi connectivity index (χ0v) is 13.8. The molecule has 1 aliphatic rings. The number of aromatic nitrogens is 2. The van der Waals surface area contributed by atoms with Gasteiger partial charge in [-0.25, -0.2) is 13.9 Å². The number of benzene rings is 1. The molecule has 0 unspecified atom stereocenters. The summed E-state index contributed by atoms with van der Waals surface area (Å²) in [6.45, 7) is 3.85. The molecule has 130 valence electrons. The minimum atomic E-state index is -0.495. The number of imide groups is 1. The Morgan fingerprint density at radius 1 is 1.16 bits per heavy atom. The fourth-order valence-electron chi connectivity index (χ4n) is 2.64. The Morgan fingerprint density at radius 2 is 1.84 bits per heavy atom. The molecule has 2 heterocycles. The van der Waals surface area contributed by atoms with E-state index in [0.29, 0.717) is 24.3 Å². The normalized spacial score (nSPS) is 16.0. The second-order valence-electron chi connectivity index (χ2n) is 5.71. The largest absolute Gasteiger partial charge is 0.329 e. The third kappa shape index (κ3) is 2.98. The third-order valence-electron chi connectivity index (χ3n) is 3.90. The van der Waals surface area contributed by atoms with Crippen molar-refractivity contribution in [3.63, 3.8) is 0 Å². The van der Waals surface area contributed by atoms with Crippen LogP contribution in [0.2, 0.25) is 0 Å². The van der Waals surface area contributed by atoms with Crippen LogP contribution in [0.3, 0.4) is 0 Å². The number of nitrogens with one attached hydrogen (secondary N) is 2. The molecular weight excluding hydrogens is 327 g/mol. The third-order valence-corrected chi connectivity index (χ3v) is 3.90. The first-order chi connectivity index (χ1) is 11.9. The number of aromatic amines is 1. The summed E-state index contributed by atoms with van der Waals surface area (Å²) in [5.74, 6) is -0.863. The van der Waals surface area contributed by atoms with Crippen LogP contribution < -0.4 is 10.9 Å². The van der Waals surface area contributed by atoms with Gasteiger partial charge in [0, 0.05) is 12.2 Å². The van der Waals surface area contributed by atoms with Gasteiger partial charge in [-0.1, -0.05) is 6.92 Å². The zero-order chi connectivity index (χ0) is 18.1. The van der Waals surface area contributed by atoms with Gasteiger partial charge in [0.15, 0.2) is 0 Å². The second-order valence-corrected chi connectivity index (χ2v) is 5.71. The zero-order valence-electron chi connectivity index (χ0n) is 13.8. The molecule has 1 aromatic heterocycles. The molecule has 1 aromatic carbocycles. The maximum atomic E-state index is 13.0. The van der Waals surface area contributed by atoms with Gasteiger partial charge in [0.2, 0.25) is 0 Å². The Kier molecular flexibility index (Phi) is 4.26. The molecule has 3 rings (SSSR count). The minimum Gasteiger partial charge on any atom is -0.303 e. The lowest BCUT2D eigenvalue weighted by molar-refractivity contribution is -0.122. The lowest BCUT2D eigenvalue weighted by atomic mass is 10.2. The van der Waals surface area contributed by atoms with Crippen molar-refractivity contribution in [1.29, 1.82) is 0 Å². The average Bonchev–Trinajstić information content (AvgIpc) is 3.01. The van der Waals surface area contributed by atoms with E-state index >= 15 is 0 Å². The molecule has 0 bridgehead atoms. The van der Waals surface area contributed by atoms with Crippen LogP contribution in [0.15, 0.2) is 34.8 Å². The van der Waals surface area contributed by atoms with Crippen LogP contribution in [0.4, 0.5) is 9.18 Å². The monoisotopic (exact) mass is 344 g/mol. The van der Waals surface area contributed by atoms with Crippen molar-refractivity contribution in [3.05, 3.63) is 57.4 Å². The van der Waals surface area contributed by atoms with Crippen LogP contribution in [0.1, 0.15) is 24.6 Å². The lowest BCUT2D eigenvalue weighted by Crippen LogP contribution is -2.31. The molecule has 0 spiro atoms. The SMILES string of the molecule is CCCN1C(=O)N/C(=C\c2c(C)[nH]n(-c3ccc(F)cc3)c2=O)C1=O. The Balaban J connectivity index is 1.99. The number of hydrogen-bond donors (Lipinski definition) is 2. The molecule has 8 heteroatoms. The number of carbonyl (C=O) groups excluding carboxylic acids is 2. The average molecular weight is 344 g/mol. The molecule has 0 saturated carbocycles. The van der Waals surface area contributed by atoms with Gasteiger partial charge in [-0.15, -0.1) is 0 Å². The van der Waals surface area contributed by atoms with Gasteiger partial charge in [-0.2, -0.15) is 0 Å². The molecule has 1 saturated heterocycles. The van der Waals surface area contributed by atoms with E-state index in [1.807, 2.05) is 6.92 Å². The van der Waals surface area contributed by atoms with Crippen LogP contribution >= 0.6 is 0 Å². The van der Waals surface area contributed by atoms with Crippen molar-refractivity contribution in [2.75, 3.05) is 6.54 Å². The molecule has 3 amide bonds. The van der Waals surface area contributed by atoms with E-state index in [-0.39, 0.29) is 11.3 Å². The standard InChI is InChI=1S/C17H17FN4O3/c1-3-8-21-16(24)14(19-17(21)25)9-13-10(2)20-22(15(13)23)12-6-4-11(18)5-7-12/h4-7,9,20H,3,8H2,1-2H3,(H,19,25)/b14-9-. The van der Waals surface area contributed by atoms with Crippen molar-refractivity contribution < 1.29 is 14.0 Å². The quantitative estimate of drug-likeness (QED) is 0.656. The van der Waals surface area contributed by atoms with Gasteiger partial charge < -0.3 is 5.32 Å². The predicted octanol–water partition coefficient (Wildman–Crippen LogP) is 1.92. The van der Waals surface area contributed by atoms with Crippen molar-refractivity contribution >= 4 is 18.0 Å². The number of hydrogen-bond acceptors (Lipinski definition) is 3. The molecule has 1 aliphatic heterocycles. The van der Waals surface area contributed by atoms with E-state index in [9.17, 15) is 18.8 Å². The molecule has 0 atom stereocenters. The highest BCUT2D eigenvalue weighted by atomic mass is 19.1. The molecule has 25 heavy (non-hydrogen) atoms. The van der Waals surface area contributed by atoms with E-state index in [0.717, 1.165) is 4.90 Å². The number of amides is 3. The number of urea groups is 1. The van der Waals surface area contributed by atoms with Crippen LogP contribution in [-0.4, -0.2) is 33.2 Å². The Bertz CT molecular complexity index is 924. The summed E-state index contributed by atoms with van der Waals surface area (Å²) in [5, 5.41) is 5.37. The number of H-pyrrole nitrogens is 1. The first-order valence-corrected chi connectivity index (χ1v) is 7.84. The number of halogens is 1. The van der Waals surface area contributed by atoms with Gasteiger partial charge in [0.1, 0.15) is 11.5 Å². The van der Waals surface area contributed by atoms with Crippen molar-refractivity contribution in [3.8, 4) is 5.69 Å². The van der Waals surface area contributed by atoms with Crippen molar-refractivity contribution in [1.82, 2.24) is 20.0 Å². The number of rotatable bonds is 4. The van der Waals surface area contributed by atoms with Crippen molar-refractivity contribution in [2.24, 2.45) is 0 Å². The fourth-order valence-corrected chi connectivity index (χ4v) is 2.64. The lowest BCUT2D eigenvalue weighted by Gasteiger charge is -2.08. The molecular formula is C17H17FN4O3. The summed E-state index contributed by atoms with van der Waals surface area (Å²) in [5.41, 5.74) is 0.911. The van der Waals surface area contributed by atoms with E-state index in [1.54, 1.807) is 6.92 Å². The van der Waals surface area contributed by atoms with Crippen LogP contribution in [0.5, 0.6) is 0 Å². The smallest absolute Gasteiger partial charge is 0.303 e. The summed E-state index contributed by atoms with van der Waals surface area (Å²) >= 11 is 0. The summed E-state index contributed by atoms with van der Waals surface area (Å²) in [6.07, 6.45) is 2.01. The highest BCUT2D eigenvalue weighted by molar-refractivity contribution is 6.13. The van der Waals surface area contributed by atoms with Crippen LogP contribution in [-0.2, 0) is 4.79 Å². The maximum Gasteiger partial charge on any atom is 0.329 e. The Morgan fingerprint density at radius 3 is 2.48 bits per heavy atom. The summed E-state index contributed by atoms with van der Waals surface area (Å²) < 4.78 is 14.3. The first-order valence-electron chi connectivity index (χ1n) is 7.84. The molecule has 1 fully saturated rings. The summed E-state index contributed by atoms with van der Waals surface area (Å²) in [7, 11) is 0. The number of nitrogens with zero attached hydrogens (tertiary/aromatic N) is 2. The summed E-state index contributed by atoms with van der Waals surface area (Å²) in [4.78, 5) is 37.8. The molecule has 0 aliphatic carbocycles. The van der Waals surface area contributed by atoms with Gasteiger partial charge in [0.25, 0.3) is 11.5 Å². The molecule has 2 N–H and O–H groups in total. The van der Waals surface area contributed by atoms with E-state index in [1.165, 1.54) is 35.0 Å². The van der Waals surface area contributed by atoms with Gasteiger partial charge in [0.05, 0.1) is 11.3 Å². The van der Waals surface area contributed by atoms with Gasteiger partial charge >= 0.3 is 6.03 Å². The number of carbonyl (C=O) groups is 2. The van der Waals surface area contributed by atoms with E-state index in [4.69, 9.17) is 0 Å². The molecule has 7 nitrogen and oxygen atoms in total. The highest BCUT2D eigenvalue weighted by Gasteiger charge is 2.33. The first kappa shape index (κ1) is 16.7. The highest BCUT2D eigenvalue weighted by Crippen LogP contribution is 2.15. The van der Waals surface area contributed by atoms with Gasteiger partial charge in [-0.05, 0) is 43.7 Å². The van der Waals surface area contributed by atoms with Crippen LogP contribution in [0.25, 0.3) is 11.8 Å². The topological polar surface area (TPSA) is 87.2 Å². The number of aryl methyl sites for hydroxylation is 1. The second kappa shape index (κ2) is 6.39. The van der Waals surface area contributed by atoms with Crippen LogP contribution in [0, 0.1) is 12.7 Å². The molecule has 2 aromatic rings.